The molecule has 2 heteroatoms. The maximum atomic E-state index is 13.1. The Morgan fingerprint density at radius 2 is 1.64 bits per heavy atom. The largest absolute Gasteiger partial charge is 0.353 e. The summed E-state index contributed by atoms with van der Waals surface area (Å²) in [6.45, 7) is 4.46. The van der Waals surface area contributed by atoms with Crippen LogP contribution in [-0.2, 0) is 4.79 Å². The van der Waals surface area contributed by atoms with Gasteiger partial charge in [0.2, 0.25) is 5.91 Å². The van der Waals surface area contributed by atoms with Crippen LogP contribution in [0.5, 0.6) is 0 Å². The second kappa shape index (κ2) is 6.78. The number of rotatable bonds is 6. The van der Waals surface area contributed by atoms with E-state index in [0.717, 1.165) is 30.6 Å². The normalized spacial score (nSPS) is 35.4. The number of hydrogen-bond acceptors (Lipinski definition) is 1. The van der Waals surface area contributed by atoms with Gasteiger partial charge in [0.1, 0.15) is 0 Å². The van der Waals surface area contributed by atoms with E-state index in [9.17, 15) is 4.79 Å². The number of amides is 1. The number of benzene rings is 1. The molecule has 1 aromatic rings. The van der Waals surface area contributed by atoms with Gasteiger partial charge in [0.15, 0.2) is 0 Å². The van der Waals surface area contributed by atoms with Crippen molar-refractivity contribution < 1.29 is 4.79 Å². The van der Waals surface area contributed by atoms with Crippen LogP contribution in [-0.4, -0.2) is 11.9 Å². The SMILES string of the molecule is CCC[C@@H](C(=O)N[C@@H](C)C12CC3CC(CC(C3)C1)C2)c1ccccc1. The van der Waals surface area contributed by atoms with E-state index in [1.807, 2.05) is 18.2 Å². The van der Waals surface area contributed by atoms with Crippen molar-refractivity contribution in [1.29, 1.82) is 0 Å². The van der Waals surface area contributed by atoms with Crippen molar-refractivity contribution >= 4 is 5.91 Å². The molecule has 25 heavy (non-hydrogen) atoms. The number of carbonyl (C=O) groups excluding carboxylic acids is 1. The van der Waals surface area contributed by atoms with Crippen molar-refractivity contribution in [2.24, 2.45) is 23.2 Å². The second-order valence-corrected chi connectivity index (χ2v) is 9.26. The molecule has 0 aliphatic heterocycles. The Balaban J connectivity index is 1.48. The summed E-state index contributed by atoms with van der Waals surface area (Å²) >= 11 is 0. The molecule has 0 unspecified atom stereocenters. The van der Waals surface area contributed by atoms with E-state index in [0.29, 0.717) is 11.5 Å². The lowest BCUT2D eigenvalue weighted by molar-refractivity contribution is -0.127. The van der Waals surface area contributed by atoms with Gasteiger partial charge in [-0.25, -0.2) is 0 Å². The lowest BCUT2D eigenvalue weighted by Crippen LogP contribution is -2.56. The van der Waals surface area contributed by atoms with Crippen LogP contribution in [0.3, 0.4) is 0 Å². The van der Waals surface area contributed by atoms with Gasteiger partial charge in [-0.3, -0.25) is 4.79 Å². The van der Waals surface area contributed by atoms with Gasteiger partial charge in [-0.2, -0.15) is 0 Å². The fourth-order valence-electron chi connectivity index (χ4n) is 6.60. The third kappa shape index (κ3) is 3.25. The van der Waals surface area contributed by atoms with Gasteiger partial charge < -0.3 is 5.32 Å². The molecule has 2 atom stereocenters. The molecule has 0 saturated heterocycles. The highest BCUT2D eigenvalue weighted by Gasteiger charge is 2.53. The first-order valence-corrected chi connectivity index (χ1v) is 10.4. The number of carbonyl (C=O) groups is 1. The highest BCUT2D eigenvalue weighted by Crippen LogP contribution is 2.61. The van der Waals surface area contributed by atoms with E-state index < -0.39 is 0 Å². The summed E-state index contributed by atoms with van der Waals surface area (Å²) in [6.07, 6.45) is 10.4. The van der Waals surface area contributed by atoms with Crippen LogP contribution in [0.25, 0.3) is 0 Å². The summed E-state index contributed by atoms with van der Waals surface area (Å²) in [5, 5.41) is 3.48. The highest BCUT2D eigenvalue weighted by molar-refractivity contribution is 5.83. The summed E-state index contributed by atoms with van der Waals surface area (Å²) in [4.78, 5) is 13.1. The Kier molecular flexibility index (Phi) is 4.64. The van der Waals surface area contributed by atoms with Gasteiger partial charge in [0.25, 0.3) is 0 Å². The smallest absolute Gasteiger partial charge is 0.227 e. The van der Waals surface area contributed by atoms with Gasteiger partial charge in [0, 0.05) is 6.04 Å². The summed E-state index contributed by atoms with van der Waals surface area (Å²) in [7, 11) is 0. The molecule has 2 nitrogen and oxygen atoms in total. The van der Waals surface area contributed by atoms with Crippen molar-refractivity contribution in [2.75, 3.05) is 0 Å². The molecule has 0 aromatic heterocycles. The van der Waals surface area contributed by atoms with E-state index in [1.165, 1.54) is 44.1 Å². The predicted molar refractivity (Wildman–Crippen MR) is 102 cm³/mol. The molecule has 0 spiro atoms. The first-order chi connectivity index (χ1) is 12.1. The van der Waals surface area contributed by atoms with Gasteiger partial charge in [-0.1, -0.05) is 43.7 Å². The van der Waals surface area contributed by atoms with Crippen molar-refractivity contribution in [1.82, 2.24) is 5.32 Å². The molecule has 4 aliphatic carbocycles. The molecule has 4 saturated carbocycles. The zero-order valence-electron chi connectivity index (χ0n) is 15.8. The quantitative estimate of drug-likeness (QED) is 0.749. The maximum absolute atomic E-state index is 13.1. The molecule has 4 fully saturated rings. The van der Waals surface area contributed by atoms with E-state index in [-0.39, 0.29) is 11.8 Å². The van der Waals surface area contributed by atoms with Gasteiger partial charge in [-0.05, 0) is 80.6 Å². The van der Waals surface area contributed by atoms with E-state index in [1.54, 1.807) is 0 Å². The molecule has 0 heterocycles. The van der Waals surface area contributed by atoms with Crippen LogP contribution < -0.4 is 5.32 Å². The Morgan fingerprint density at radius 3 is 2.16 bits per heavy atom. The van der Waals surface area contributed by atoms with Crippen LogP contribution in [0.1, 0.15) is 76.7 Å². The predicted octanol–water partition coefficient (Wildman–Crippen LogP) is 5.29. The number of hydrogen-bond donors (Lipinski definition) is 1. The van der Waals surface area contributed by atoms with Crippen molar-refractivity contribution in [3.8, 4) is 0 Å². The minimum atomic E-state index is 0.00237. The summed E-state index contributed by atoms with van der Waals surface area (Å²) in [5.41, 5.74) is 1.55. The molecule has 0 radical (unpaired) electrons. The molecule has 4 aliphatic rings. The summed E-state index contributed by atoms with van der Waals surface area (Å²) < 4.78 is 0. The monoisotopic (exact) mass is 339 g/mol. The molecule has 5 rings (SSSR count). The first-order valence-electron chi connectivity index (χ1n) is 10.4. The molecular weight excluding hydrogens is 306 g/mol. The molecule has 1 amide bonds. The Hall–Kier alpha value is -1.31. The Bertz CT molecular complexity index is 572. The lowest BCUT2D eigenvalue weighted by atomic mass is 9.48. The zero-order chi connectivity index (χ0) is 17.4. The van der Waals surface area contributed by atoms with Crippen molar-refractivity contribution in [2.45, 2.75) is 77.2 Å². The van der Waals surface area contributed by atoms with Crippen LogP contribution in [0.2, 0.25) is 0 Å². The Labute approximate surface area is 152 Å². The average molecular weight is 340 g/mol. The van der Waals surface area contributed by atoms with Crippen LogP contribution in [0.15, 0.2) is 30.3 Å². The van der Waals surface area contributed by atoms with E-state index in [4.69, 9.17) is 0 Å². The zero-order valence-corrected chi connectivity index (χ0v) is 15.8. The third-order valence-corrected chi connectivity index (χ3v) is 7.46. The minimum Gasteiger partial charge on any atom is -0.353 e. The van der Waals surface area contributed by atoms with Gasteiger partial charge in [-0.15, -0.1) is 0 Å². The molecule has 136 valence electrons. The van der Waals surface area contributed by atoms with Crippen LogP contribution in [0, 0.1) is 23.2 Å². The molecule has 1 aromatic carbocycles. The van der Waals surface area contributed by atoms with E-state index >= 15 is 0 Å². The van der Waals surface area contributed by atoms with Crippen molar-refractivity contribution in [3.63, 3.8) is 0 Å². The van der Waals surface area contributed by atoms with Crippen molar-refractivity contribution in [3.05, 3.63) is 35.9 Å². The third-order valence-electron chi connectivity index (χ3n) is 7.46. The first kappa shape index (κ1) is 17.1. The summed E-state index contributed by atoms with van der Waals surface area (Å²) in [6, 6.07) is 10.7. The van der Waals surface area contributed by atoms with Crippen LogP contribution >= 0.6 is 0 Å². The fraction of sp³-hybridized carbons (Fsp3) is 0.696. The minimum absolute atomic E-state index is 0.00237. The lowest BCUT2D eigenvalue weighted by Gasteiger charge is -2.59. The highest BCUT2D eigenvalue weighted by atomic mass is 16.1. The molecular formula is C23H33NO. The topological polar surface area (TPSA) is 29.1 Å². The second-order valence-electron chi connectivity index (χ2n) is 9.26. The Morgan fingerprint density at radius 1 is 1.08 bits per heavy atom. The molecule has 4 bridgehead atoms. The van der Waals surface area contributed by atoms with Gasteiger partial charge >= 0.3 is 0 Å². The maximum Gasteiger partial charge on any atom is 0.227 e. The standard InChI is InChI=1S/C23H33NO/c1-3-7-21(20-8-5-4-6-9-20)22(25)24-16(2)23-13-17-10-18(14-23)12-19(11-17)15-23/h4-6,8-9,16-19,21H,3,7,10-15H2,1-2H3,(H,24,25)/t16-,17?,18?,19?,21+,23?/m0/s1. The van der Waals surface area contributed by atoms with Gasteiger partial charge in [0.05, 0.1) is 5.92 Å². The summed E-state index contributed by atoms with van der Waals surface area (Å²) in [5.74, 6) is 3.06. The molecule has 1 N–H and O–H groups in total. The van der Waals surface area contributed by atoms with E-state index in [2.05, 4.69) is 31.3 Å². The average Bonchev–Trinajstić information content (AvgIpc) is 2.59. The van der Waals surface area contributed by atoms with Crippen LogP contribution in [0.4, 0.5) is 0 Å². The fourth-order valence-corrected chi connectivity index (χ4v) is 6.60. The number of nitrogens with one attached hydrogen (secondary N) is 1.